The van der Waals surface area contributed by atoms with Crippen molar-refractivity contribution < 1.29 is 17.6 Å². The molecular weight excluding hydrogens is 386 g/mol. The zero-order valence-corrected chi connectivity index (χ0v) is 14.6. The van der Waals surface area contributed by atoms with E-state index >= 15 is 0 Å². The van der Waals surface area contributed by atoms with E-state index in [1.165, 1.54) is 10.4 Å². The molecule has 0 spiro atoms. The Balaban J connectivity index is 1.66. The zero-order chi connectivity index (χ0) is 16.6. The smallest absolute Gasteiger partial charge is 0.339 e. The van der Waals surface area contributed by atoms with Crippen LogP contribution in [0.15, 0.2) is 55.0 Å². The summed E-state index contributed by atoms with van der Waals surface area (Å²) in [6.45, 7) is 2.15. The monoisotopic (exact) mass is 399 g/mol. The Morgan fingerprint density at radius 2 is 1.87 bits per heavy atom. The molecule has 0 bridgehead atoms. The fourth-order valence-electron chi connectivity index (χ4n) is 2.26. The van der Waals surface area contributed by atoms with Crippen LogP contribution in [-0.2, 0) is 10.0 Å². The van der Waals surface area contributed by atoms with Gasteiger partial charge in [0.05, 0.1) is 24.1 Å². The Morgan fingerprint density at radius 1 is 1.22 bits per heavy atom. The van der Waals surface area contributed by atoms with Crippen LogP contribution in [0.5, 0.6) is 5.75 Å². The molecule has 0 aliphatic carbocycles. The Labute approximate surface area is 141 Å². The lowest BCUT2D eigenvalue weighted by Crippen LogP contribution is -2.55. The first-order chi connectivity index (χ1) is 10.8. The third-order valence-electron chi connectivity index (χ3n) is 3.44. The van der Waals surface area contributed by atoms with Crippen molar-refractivity contribution in [3.63, 3.8) is 0 Å². The van der Waals surface area contributed by atoms with E-state index in [0.717, 1.165) is 4.47 Å². The van der Waals surface area contributed by atoms with Gasteiger partial charge in [-0.05, 0) is 31.2 Å². The van der Waals surface area contributed by atoms with Gasteiger partial charge >= 0.3 is 5.63 Å². The van der Waals surface area contributed by atoms with Gasteiger partial charge in [-0.25, -0.2) is 13.2 Å². The van der Waals surface area contributed by atoms with Crippen LogP contribution in [0.2, 0.25) is 0 Å². The number of nitrogens with zero attached hydrogens (tertiary/aromatic N) is 1. The molecule has 2 heterocycles. The van der Waals surface area contributed by atoms with Crippen molar-refractivity contribution in [3.8, 4) is 5.75 Å². The second-order valence-corrected chi connectivity index (χ2v) is 8.09. The minimum atomic E-state index is -3.51. The zero-order valence-electron chi connectivity index (χ0n) is 12.2. The minimum absolute atomic E-state index is 0.246. The highest BCUT2D eigenvalue weighted by atomic mass is 79.9. The van der Waals surface area contributed by atoms with Crippen LogP contribution in [0.1, 0.15) is 5.76 Å². The van der Waals surface area contributed by atoms with Gasteiger partial charge in [-0.3, -0.25) is 0 Å². The average Bonchev–Trinajstić information content (AvgIpc) is 2.41. The molecule has 23 heavy (non-hydrogen) atoms. The summed E-state index contributed by atoms with van der Waals surface area (Å²) in [6.07, 6.45) is -0.276. The first-order valence-electron chi connectivity index (χ1n) is 6.89. The summed E-state index contributed by atoms with van der Waals surface area (Å²) in [5.41, 5.74) is -0.487. The first-order valence-corrected chi connectivity index (χ1v) is 9.12. The molecule has 1 aliphatic rings. The molecule has 1 aromatic heterocycles. The van der Waals surface area contributed by atoms with E-state index in [1.54, 1.807) is 37.3 Å². The van der Waals surface area contributed by atoms with Crippen molar-refractivity contribution in [1.29, 1.82) is 0 Å². The molecule has 0 saturated carbocycles. The Hall–Kier alpha value is -1.64. The molecule has 122 valence electrons. The summed E-state index contributed by atoms with van der Waals surface area (Å²) < 4.78 is 37.5. The second-order valence-electron chi connectivity index (χ2n) is 5.24. The molecule has 0 amide bonds. The van der Waals surface area contributed by atoms with Gasteiger partial charge in [0.15, 0.2) is 0 Å². The Kier molecular flexibility index (Phi) is 4.31. The van der Waals surface area contributed by atoms with Gasteiger partial charge in [-0.2, -0.15) is 4.31 Å². The Bertz CT molecular complexity index is 869. The van der Waals surface area contributed by atoms with Crippen LogP contribution in [0.4, 0.5) is 0 Å². The summed E-state index contributed by atoms with van der Waals surface area (Å²) >= 11 is 3.28. The topological polar surface area (TPSA) is 76.8 Å². The maximum absolute atomic E-state index is 12.4. The van der Waals surface area contributed by atoms with E-state index in [2.05, 4.69) is 15.9 Å². The van der Waals surface area contributed by atoms with Gasteiger partial charge in [-0.1, -0.05) is 15.9 Å². The van der Waals surface area contributed by atoms with E-state index in [1.807, 2.05) is 0 Å². The van der Waals surface area contributed by atoms with Crippen LogP contribution in [0, 0.1) is 6.92 Å². The molecular formula is C15H14BrNO5S. The predicted octanol–water partition coefficient (Wildman–Crippen LogP) is 2.16. The highest BCUT2D eigenvalue weighted by Crippen LogP contribution is 2.25. The number of aryl methyl sites for hydroxylation is 1. The first kappa shape index (κ1) is 16.2. The number of halogens is 1. The molecule has 1 saturated heterocycles. The normalized spacial score (nSPS) is 16.1. The minimum Gasteiger partial charge on any atom is -0.487 e. The van der Waals surface area contributed by atoms with Gasteiger partial charge in [0.1, 0.15) is 17.6 Å². The molecule has 1 fully saturated rings. The second kappa shape index (κ2) is 6.10. The summed E-state index contributed by atoms with van der Waals surface area (Å²) in [6, 6.07) is 9.34. The van der Waals surface area contributed by atoms with Crippen molar-refractivity contribution in [2.75, 3.05) is 13.1 Å². The van der Waals surface area contributed by atoms with Crippen molar-refractivity contribution in [2.24, 2.45) is 0 Å². The number of sulfonamides is 1. The lowest BCUT2D eigenvalue weighted by atomic mass is 10.2. The number of hydrogen-bond donors (Lipinski definition) is 0. The van der Waals surface area contributed by atoms with E-state index in [4.69, 9.17) is 9.15 Å². The molecule has 1 aromatic carbocycles. The molecule has 1 aliphatic heterocycles. The lowest BCUT2D eigenvalue weighted by Gasteiger charge is -2.37. The summed E-state index contributed by atoms with van der Waals surface area (Å²) in [5, 5.41) is 0. The molecule has 0 atom stereocenters. The van der Waals surface area contributed by atoms with Crippen molar-refractivity contribution >= 4 is 26.0 Å². The highest BCUT2D eigenvalue weighted by molar-refractivity contribution is 9.10. The van der Waals surface area contributed by atoms with Crippen LogP contribution in [0.25, 0.3) is 0 Å². The van der Waals surface area contributed by atoms with Gasteiger partial charge < -0.3 is 9.15 Å². The van der Waals surface area contributed by atoms with Gasteiger partial charge in [0.2, 0.25) is 10.0 Å². The van der Waals surface area contributed by atoms with Crippen molar-refractivity contribution in [2.45, 2.75) is 17.9 Å². The summed E-state index contributed by atoms with van der Waals surface area (Å²) in [5.74, 6) is 0.843. The fourth-order valence-corrected chi connectivity index (χ4v) is 4.03. The van der Waals surface area contributed by atoms with Crippen LogP contribution >= 0.6 is 15.9 Å². The molecule has 8 heteroatoms. The lowest BCUT2D eigenvalue weighted by molar-refractivity contribution is 0.0754. The third-order valence-corrected chi connectivity index (χ3v) is 5.81. The number of hydrogen-bond acceptors (Lipinski definition) is 5. The van der Waals surface area contributed by atoms with Crippen LogP contribution < -0.4 is 10.4 Å². The van der Waals surface area contributed by atoms with E-state index in [0.29, 0.717) is 11.5 Å². The number of benzene rings is 1. The molecule has 0 radical (unpaired) electrons. The third kappa shape index (κ3) is 3.49. The Morgan fingerprint density at radius 3 is 2.48 bits per heavy atom. The van der Waals surface area contributed by atoms with Gasteiger partial charge in [0.25, 0.3) is 0 Å². The standard InChI is InChI=1S/C15H14BrNO5S/c1-10-6-12(7-15(18)21-10)22-13-8-17(9-13)23(19,20)14-4-2-11(16)3-5-14/h2-7,13H,8-9H2,1H3. The van der Waals surface area contributed by atoms with E-state index in [9.17, 15) is 13.2 Å². The van der Waals surface area contributed by atoms with E-state index < -0.39 is 15.6 Å². The largest absolute Gasteiger partial charge is 0.487 e. The fraction of sp³-hybridized carbons (Fsp3) is 0.267. The summed E-state index contributed by atoms with van der Waals surface area (Å²) in [7, 11) is -3.51. The number of ether oxygens (including phenoxy) is 1. The SMILES string of the molecule is Cc1cc(OC2CN(S(=O)(=O)c3ccc(Br)cc3)C2)cc(=O)o1. The maximum atomic E-state index is 12.4. The predicted molar refractivity (Wildman–Crippen MR) is 87.0 cm³/mol. The molecule has 6 nitrogen and oxygen atoms in total. The van der Waals surface area contributed by atoms with Gasteiger partial charge in [0, 0.05) is 10.5 Å². The average molecular weight is 400 g/mol. The van der Waals surface area contributed by atoms with Crippen molar-refractivity contribution in [3.05, 3.63) is 57.1 Å². The van der Waals surface area contributed by atoms with Crippen molar-refractivity contribution in [1.82, 2.24) is 4.31 Å². The van der Waals surface area contributed by atoms with Crippen LogP contribution in [-0.4, -0.2) is 31.9 Å². The van der Waals surface area contributed by atoms with E-state index in [-0.39, 0.29) is 24.1 Å². The highest BCUT2D eigenvalue weighted by Gasteiger charge is 2.38. The maximum Gasteiger partial charge on any atom is 0.339 e. The van der Waals surface area contributed by atoms with Gasteiger partial charge in [-0.15, -0.1) is 0 Å². The summed E-state index contributed by atoms with van der Waals surface area (Å²) in [4.78, 5) is 11.5. The number of rotatable bonds is 4. The molecule has 3 rings (SSSR count). The molecule has 0 unspecified atom stereocenters. The van der Waals surface area contributed by atoms with Crippen LogP contribution in [0.3, 0.4) is 0 Å². The quantitative estimate of drug-likeness (QED) is 0.786. The molecule has 2 aromatic rings. The molecule has 0 N–H and O–H groups in total.